The summed E-state index contributed by atoms with van der Waals surface area (Å²) < 4.78 is 5.56. The summed E-state index contributed by atoms with van der Waals surface area (Å²) in [7, 11) is 0. The van der Waals surface area contributed by atoms with Crippen LogP contribution in [0.15, 0.2) is 48.5 Å². The molecule has 2 aromatic rings. The van der Waals surface area contributed by atoms with Gasteiger partial charge in [-0.15, -0.1) is 0 Å². The van der Waals surface area contributed by atoms with Gasteiger partial charge >= 0.3 is 12.1 Å². The van der Waals surface area contributed by atoms with Crippen LogP contribution in [0.3, 0.4) is 0 Å². The quantitative estimate of drug-likeness (QED) is 0.733. The molecule has 1 amide bonds. The van der Waals surface area contributed by atoms with Crippen LogP contribution >= 0.6 is 0 Å². The molecule has 0 bridgehead atoms. The van der Waals surface area contributed by atoms with Crippen LogP contribution in [0.2, 0.25) is 0 Å². The maximum atomic E-state index is 12.5. The Morgan fingerprint density at radius 3 is 1.93 bits per heavy atom. The largest absolute Gasteiger partial charge is 0.480 e. The lowest BCUT2D eigenvalue weighted by molar-refractivity contribution is -0.141. The molecular formula is C24H25NO4. The highest BCUT2D eigenvalue weighted by atomic mass is 16.5. The van der Waals surface area contributed by atoms with E-state index in [-0.39, 0.29) is 18.4 Å². The van der Waals surface area contributed by atoms with Gasteiger partial charge in [-0.05, 0) is 65.7 Å². The third-order valence-corrected chi connectivity index (χ3v) is 6.60. The molecule has 2 saturated carbocycles. The van der Waals surface area contributed by atoms with Crippen molar-refractivity contribution in [2.45, 2.75) is 37.6 Å². The normalized spacial score (nSPS) is 18.8. The first-order valence-electron chi connectivity index (χ1n) is 10.5. The van der Waals surface area contributed by atoms with E-state index in [1.165, 1.54) is 11.1 Å². The monoisotopic (exact) mass is 391 g/mol. The number of hydrogen-bond acceptors (Lipinski definition) is 3. The molecule has 0 saturated heterocycles. The highest BCUT2D eigenvalue weighted by molar-refractivity contribution is 5.81. The van der Waals surface area contributed by atoms with Gasteiger partial charge in [0.1, 0.15) is 12.6 Å². The predicted octanol–water partition coefficient (Wildman–Crippen LogP) is 4.41. The summed E-state index contributed by atoms with van der Waals surface area (Å²) >= 11 is 0. The van der Waals surface area contributed by atoms with Crippen LogP contribution in [-0.2, 0) is 9.53 Å². The van der Waals surface area contributed by atoms with Gasteiger partial charge in [-0.3, -0.25) is 0 Å². The number of carboxylic acid groups (broad SMARTS) is 1. The molecule has 2 N–H and O–H groups in total. The van der Waals surface area contributed by atoms with E-state index >= 15 is 0 Å². The Hall–Kier alpha value is -2.82. The molecule has 29 heavy (non-hydrogen) atoms. The average Bonchev–Trinajstić information content (AvgIpc) is 3.65. The van der Waals surface area contributed by atoms with E-state index in [0.29, 0.717) is 11.8 Å². The van der Waals surface area contributed by atoms with Crippen LogP contribution in [-0.4, -0.2) is 29.8 Å². The molecule has 2 fully saturated rings. The molecule has 0 heterocycles. The van der Waals surface area contributed by atoms with Crippen molar-refractivity contribution < 1.29 is 19.4 Å². The second-order valence-electron chi connectivity index (χ2n) is 8.54. The van der Waals surface area contributed by atoms with Gasteiger partial charge in [0.15, 0.2) is 0 Å². The summed E-state index contributed by atoms with van der Waals surface area (Å²) in [5, 5.41) is 12.4. The van der Waals surface area contributed by atoms with E-state index < -0.39 is 18.1 Å². The summed E-state index contributed by atoms with van der Waals surface area (Å²) in [6.07, 6.45) is 3.63. The Morgan fingerprint density at radius 2 is 1.45 bits per heavy atom. The Bertz CT molecular complexity index is 890. The van der Waals surface area contributed by atoms with E-state index in [2.05, 4.69) is 29.6 Å². The van der Waals surface area contributed by atoms with E-state index in [1.54, 1.807) is 0 Å². The first kappa shape index (κ1) is 18.2. The molecule has 0 spiro atoms. The number of nitrogens with one attached hydrogen (secondary N) is 1. The highest BCUT2D eigenvalue weighted by Gasteiger charge is 2.48. The van der Waals surface area contributed by atoms with Crippen LogP contribution < -0.4 is 5.32 Å². The standard InChI is InChI=1S/C24H25NO4/c26-23(27)22(21(14-9-10-14)15-11-12-15)25-24(28)29-13-20-18-7-3-1-5-16(18)17-6-2-4-8-19(17)20/h1-8,14-15,20-22H,9-13H2,(H,25,28)(H,26,27)/t22-/m0/s1. The van der Waals surface area contributed by atoms with Gasteiger partial charge in [-0.2, -0.15) is 0 Å². The maximum absolute atomic E-state index is 12.5. The molecule has 0 unspecified atom stereocenters. The Labute approximate surface area is 170 Å². The van der Waals surface area contributed by atoms with Gasteiger partial charge in [0.2, 0.25) is 0 Å². The Morgan fingerprint density at radius 1 is 0.931 bits per heavy atom. The molecular weight excluding hydrogens is 366 g/mol. The molecule has 5 nitrogen and oxygen atoms in total. The number of hydrogen-bond donors (Lipinski definition) is 2. The van der Waals surface area contributed by atoms with Crippen molar-refractivity contribution in [1.29, 1.82) is 0 Å². The minimum absolute atomic E-state index is 0.0286. The zero-order chi connectivity index (χ0) is 20.0. The summed E-state index contributed by atoms with van der Waals surface area (Å²) in [4.78, 5) is 24.4. The molecule has 2 aromatic carbocycles. The lowest BCUT2D eigenvalue weighted by Gasteiger charge is -2.25. The molecule has 150 valence electrons. The van der Waals surface area contributed by atoms with E-state index in [0.717, 1.165) is 36.8 Å². The summed E-state index contributed by atoms with van der Waals surface area (Å²) in [6.45, 7) is 0.198. The van der Waals surface area contributed by atoms with Crippen LogP contribution in [0.5, 0.6) is 0 Å². The minimum Gasteiger partial charge on any atom is -0.480 e. The van der Waals surface area contributed by atoms with Crippen molar-refractivity contribution >= 4 is 12.1 Å². The maximum Gasteiger partial charge on any atom is 0.407 e. The van der Waals surface area contributed by atoms with Crippen molar-refractivity contribution in [2.75, 3.05) is 6.61 Å². The van der Waals surface area contributed by atoms with Crippen LogP contribution in [0.4, 0.5) is 4.79 Å². The second kappa shape index (κ2) is 7.21. The molecule has 3 aliphatic rings. The predicted molar refractivity (Wildman–Crippen MR) is 109 cm³/mol. The molecule has 5 heteroatoms. The second-order valence-corrected chi connectivity index (χ2v) is 8.54. The number of fused-ring (bicyclic) bond motifs is 3. The minimum atomic E-state index is -0.956. The van der Waals surface area contributed by atoms with Gasteiger partial charge in [0.25, 0.3) is 0 Å². The van der Waals surface area contributed by atoms with Crippen molar-refractivity contribution in [3.63, 3.8) is 0 Å². The number of amides is 1. The number of benzene rings is 2. The zero-order valence-electron chi connectivity index (χ0n) is 16.2. The van der Waals surface area contributed by atoms with Crippen molar-refractivity contribution in [2.24, 2.45) is 17.8 Å². The summed E-state index contributed by atoms with van der Waals surface area (Å²) in [5.41, 5.74) is 4.63. The first-order valence-corrected chi connectivity index (χ1v) is 10.5. The SMILES string of the molecule is O=C(N[C@H](C(=O)O)C(C1CC1)C1CC1)OCC1c2ccccc2-c2ccccc21. The third-order valence-electron chi connectivity index (χ3n) is 6.60. The molecule has 0 radical (unpaired) electrons. The third kappa shape index (κ3) is 3.50. The molecule has 1 atom stereocenters. The van der Waals surface area contributed by atoms with Crippen LogP contribution in [0, 0.1) is 17.8 Å². The fourth-order valence-corrected chi connectivity index (χ4v) is 4.98. The smallest absolute Gasteiger partial charge is 0.407 e. The van der Waals surface area contributed by atoms with E-state index in [9.17, 15) is 14.7 Å². The van der Waals surface area contributed by atoms with E-state index in [1.807, 2.05) is 24.3 Å². The fourth-order valence-electron chi connectivity index (χ4n) is 4.98. The van der Waals surface area contributed by atoms with Gasteiger partial charge < -0.3 is 15.2 Å². The van der Waals surface area contributed by atoms with Crippen LogP contribution in [0.1, 0.15) is 42.7 Å². The topological polar surface area (TPSA) is 75.6 Å². The number of rotatable bonds is 7. The van der Waals surface area contributed by atoms with Gasteiger partial charge in [0.05, 0.1) is 0 Å². The molecule has 5 rings (SSSR count). The zero-order valence-corrected chi connectivity index (χ0v) is 16.2. The van der Waals surface area contributed by atoms with E-state index in [4.69, 9.17) is 4.74 Å². The number of carbonyl (C=O) groups excluding carboxylic acids is 1. The number of carboxylic acids is 1. The Balaban J connectivity index is 1.29. The number of alkyl carbamates (subject to hydrolysis) is 1. The van der Waals surface area contributed by atoms with Gasteiger partial charge in [-0.1, -0.05) is 48.5 Å². The van der Waals surface area contributed by atoms with Crippen LogP contribution in [0.25, 0.3) is 11.1 Å². The number of carbonyl (C=O) groups is 2. The first-order chi connectivity index (χ1) is 14.1. The lowest BCUT2D eigenvalue weighted by atomic mass is 9.89. The summed E-state index contributed by atoms with van der Waals surface area (Å²) in [5.74, 6) is -0.0932. The number of ether oxygens (including phenoxy) is 1. The van der Waals surface area contributed by atoms with Crippen molar-refractivity contribution in [3.05, 3.63) is 59.7 Å². The molecule has 0 aromatic heterocycles. The van der Waals surface area contributed by atoms with Gasteiger partial charge in [-0.25, -0.2) is 9.59 Å². The average molecular weight is 391 g/mol. The summed E-state index contributed by atoms with van der Waals surface area (Å²) in [6, 6.07) is 15.5. The van der Waals surface area contributed by atoms with Gasteiger partial charge in [0, 0.05) is 5.92 Å². The van der Waals surface area contributed by atoms with Crippen molar-refractivity contribution in [3.8, 4) is 11.1 Å². The van der Waals surface area contributed by atoms with Crippen molar-refractivity contribution in [1.82, 2.24) is 5.32 Å². The molecule has 3 aliphatic carbocycles. The fraction of sp³-hybridized carbons (Fsp3) is 0.417. The number of aliphatic carboxylic acids is 1. The lowest BCUT2D eigenvalue weighted by Crippen LogP contribution is -2.47. The Kier molecular flexibility index (Phi) is 4.53. The highest BCUT2D eigenvalue weighted by Crippen LogP contribution is 2.51. The molecule has 0 aliphatic heterocycles.